The Kier molecular flexibility index (Phi) is 6.31. The quantitative estimate of drug-likeness (QED) is 0.596. The molecule has 0 heterocycles. The number of carboxylic acids is 1. The maximum absolute atomic E-state index is 12.0. The van der Waals surface area contributed by atoms with E-state index in [-0.39, 0.29) is 6.54 Å². The average Bonchev–Trinajstić information content (AvgIpc) is 2.16. The van der Waals surface area contributed by atoms with Gasteiger partial charge in [-0.05, 0) is 6.92 Å². The summed E-state index contributed by atoms with van der Waals surface area (Å²) in [7, 11) is 0. The first-order valence-corrected chi connectivity index (χ1v) is 4.55. The van der Waals surface area contributed by atoms with E-state index in [2.05, 4.69) is 0 Å². The van der Waals surface area contributed by atoms with Gasteiger partial charge in [0, 0.05) is 6.54 Å². The van der Waals surface area contributed by atoms with Gasteiger partial charge >= 0.3 is 12.0 Å². The number of aliphatic hydroxyl groups is 1. The summed E-state index contributed by atoms with van der Waals surface area (Å²) in [5.74, 6) is -1.27. The second-order valence-corrected chi connectivity index (χ2v) is 3.07. The van der Waals surface area contributed by atoms with E-state index in [1.165, 1.54) is 6.92 Å². The normalized spacial score (nSPS) is 12.3. The lowest BCUT2D eigenvalue weighted by molar-refractivity contribution is -0.138. The Balaban J connectivity index is 4.31. The predicted octanol–water partition coefficient (Wildman–Crippen LogP) is -0.272. The highest BCUT2D eigenvalue weighted by molar-refractivity contribution is 5.82. The van der Waals surface area contributed by atoms with E-state index in [1.807, 2.05) is 5.32 Å². The van der Waals surface area contributed by atoms with Gasteiger partial charge in [0.15, 0.2) is 0 Å². The highest BCUT2D eigenvalue weighted by Gasteiger charge is 2.21. The maximum Gasteiger partial charge on any atom is 0.325 e. The summed E-state index contributed by atoms with van der Waals surface area (Å²) in [4.78, 5) is 22.4. The fraction of sp³-hybridized carbons (Fsp3) is 0.750. The zero-order chi connectivity index (χ0) is 12.7. The van der Waals surface area contributed by atoms with Gasteiger partial charge < -0.3 is 20.4 Å². The number of urea groups is 1. The number of nitrogens with one attached hydrogen (secondary N) is 1. The molecule has 0 saturated heterocycles. The molecule has 2 amide bonds. The number of carbonyl (C=O) groups excluding carboxylic acids is 1. The summed E-state index contributed by atoms with van der Waals surface area (Å²) >= 11 is 0. The van der Waals surface area contributed by atoms with Gasteiger partial charge in [0.25, 0.3) is 6.43 Å². The number of nitrogens with zero attached hydrogens (tertiary/aromatic N) is 1. The number of hydrogen-bond donors (Lipinski definition) is 3. The molecule has 6 nitrogen and oxygen atoms in total. The SMILES string of the molecule is C[C@@H](NC(=O)N(CCO)CC(F)F)C(=O)O. The van der Waals surface area contributed by atoms with Crippen molar-refractivity contribution in [3.8, 4) is 0 Å². The minimum atomic E-state index is -2.74. The molecule has 0 rings (SSSR count). The number of aliphatic carboxylic acids is 1. The molecule has 8 heteroatoms. The van der Waals surface area contributed by atoms with Crippen LogP contribution in [-0.4, -0.2) is 59.3 Å². The van der Waals surface area contributed by atoms with Crippen LogP contribution in [0.15, 0.2) is 0 Å². The van der Waals surface area contributed by atoms with Crippen LogP contribution >= 0.6 is 0 Å². The Morgan fingerprint density at radius 1 is 1.44 bits per heavy atom. The topological polar surface area (TPSA) is 89.9 Å². The van der Waals surface area contributed by atoms with Gasteiger partial charge in [-0.15, -0.1) is 0 Å². The second kappa shape index (κ2) is 6.94. The van der Waals surface area contributed by atoms with Crippen LogP contribution in [0.25, 0.3) is 0 Å². The van der Waals surface area contributed by atoms with Crippen molar-refractivity contribution in [2.45, 2.75) is 19.4 Å². The maximum atomic E-state index is 12.0. The van der Waals surface area contributed by atoms with Gasteiger partial charge in [-0.1, -0.05) is 0 Å². The molecular weight excluding hydrogens is 226 g/mol. The molecule has 0 aliphatic carbocycles. The van der Waals surface area contributed by atoms with E-state index in [0.29, 0.717) is 4.90 Å². The van der Waals surface area contributed by atoms with Crippen LogP contribution in [0.5, 0.6) is 0 Å². The van der Waals surface area contributed by atoms with Gasteiger partial charge in [0.2, 0.25) is 0 Å². The molecule has 0 saturated carbocycles. The van der Waals surface area contributed by atoms with Crippen molar-refractivity contribution < 1.29 is 28.6 Å². The minimum absolute atomic E-state index is 0.275. The molecule has 0 aromatic rings. The number of carbonyl (C=O) groups is 2. The summed E-state index contributed by atoms with van der Waals surface area (Å²) in [6, 6.07) is -2.12. The van der Waals surface area contributed by atoms with Crippen molar-refractivity contribution in [1.29, 1.82) is 0 Å². The number of alkyl halides is 2. The molecular formula is C8H14F2N2O4. The lowest BCUT2D eigenvalue weighted by Gasteiger charge is -2.22. The molecule has 0 bridgehead atoms. The van der Waals surface area contributed by atoms with Crippen molar-refractivity contribution in [2.75, 3.05) is 19.7 Å². The van der Waals surface area contributed by atoms with Crippen molar-refractivity contribution in [1.82, 2.24) is 10.2 Å². The number of amides is 2. The second-order valence-electron chi connectivity index (χ2n) is 3.07. The molecule has 0 spiro atoms. The van der Waals surface area contributed by atoms with E-state index in [1.54, 1.807) is 0 Å². The molecule has 1 atom stereocenters. The Morgan fingerprint density at radius 2 is 2.00 bits per heavy atom. The highest BCUT2D eigenvalue weighted by atomic mass is 19.3. The Bertz CT molecular complexity index is 250. The number of halogens is 2. The van der Waals surface area contributed by atoms with Crippen LogP contribution < -0.4 is 5.32 Å². The Hall–Kier alpha value is -1.44. The van der Waals surface area contributed by atoms with Crippen LogP contribution in [0, 0.1) is 0 Å². The standard InChI is InChI=1S/C8H14F2N2O4/c1-5(7(14)15)11-8(16)12(2-3-13)4-6(9)10/h5-6,13H,2-4H2,1H3,(H,11,16)(H,14,15)/t5-/m1/s1. The third-order valence-corrected chi connectivity index (χ3v) is 1.73. The molecule has 0 radical (unpaired) electrons. The van der Waals surface area contributed by atoms with Crippen molar-refractivity contribution in [2.24, 2.45) is 0 Å². The highest BCUT2D eigenvalue weighted by Crippen LogP contribution is 1.99. The molecule has 0 aromatic carbocycles. The van der Waals surface area contributed by atoms with Crippen LogP contribution in [0.3, 0.4) is 0 Å². The molecule has 0 aliphatic heterocycles. The zero-order valence-electron chi connectivity index (χ0n) is 8.69. The number of rotatable bonds is 6. The fourth-order valence-electron chi connectivity index (χ4n) is 0.901. The number of aliphatic hydroxyl groups excluding tert-OH is 1. The van der Waals surface area contributed by atoms with Crippen LogP contribution in [0.2, 0.25) is 0 Å². The van der Waals surface area contributed by atoms with Gasteiger partial charge in [-0.3, -0.25) is 4.79 Å². The van der Waals surface area contributed by atoms with Gasteiger partial charge in [-0.2, -0.15) is 0 Å². The predicted molar refractivity (Wildman–Crippen MR) is 50.3 cm³/mol. The van der Waals surface area contributed by atoms with Gasteiger partial charge in [0.05, 0.1) is 13.2 Å². The van der Waals surface area contributed by atoms with Crippen molar-refractivity contribution >= 4 is 12.0 Å². The summed E-state index contributed by atoms with van der Waals surface area (Å²) in [6.45, 7) is -0.386. The molecule has 94 valence electrons. The van der Waals surface area contributed by atoms with Crippen LogP contribution in [0.1, 0.15) is 6.92 Å². The average molecular weight is 240 g/mol. The van der Waals surface area contributed by atoms with Crippen molar-refractivity contribution in [3.05, 3.63) is 0 Å². The van der Waals surface area contributed by atoms with Gasteiger partial charge in [-0.25, -0.2) is 13.6 Å². The smallest absolute Gasteiger partial charge is 0.325 e. The lowest BCUT2D eigenvalue weighted by atomic mass is 10.3. The van der Waals surface area contributed by atoms with E-state index >= 15 is 0 Å². The third kappa shape index (κ3) is 5.44. The van der Waals surface area contributed by atoms with E-state index in [4.69, 9.17) is 10.2 Å². The molecule has 3 N–H and O–H groups in total. The fourth-order valence-corrected chi connectivity index (χ4v) is 0.901. The summed E-state index contributed by atoms with van der Waals surface area (Å²) in [5, 5.41) is 19.1. The molecule has 0 aliphatic rings. The first-order chi connectivity index (χ1) is 7.38. The number of hydrogen-bond acceptors (Lipinski definition) is 3. The van der Waals surface area contributed by atoms with Crippen LogP contribution in [0.4, 0.5) is 13.6 Å². The van der Waals surface area contributed by atoms with Crippen LogP contribution in [-0.2, 0) is 4.79 Å². The molecule has 16 heavy (non-hydrogen) atoms. The monoisotopic (exact) mass is 240 g/mol. The molecule has 0 aromatic heterocycles. The largest absolute Gasteiger partial charge is 0.480 e. The zero-order valence-corrected chi connectivity index (χ0v) is 8.69. The number of carboxylic acid groups (broad SMARTS) is 1. The summed E-state index contributed by atoms with van der Waals surface area (Å²) < 4.78 is 24.1. The van der Waals surface area contributed by atoms with E-state index in [0.717, 1.165) is 0 Å². The Labute approximate surface area is 90.8 Å². The summed E-state index contributed by atoms with van der Waals surface area (Å²) in [6.07, 6.45) is -2.74. The first kappa shape index (κ1) is 14.6. The first-order valence-electron chi connectivity index (χ1n) is 4.55. The van der Waals surface area contributed by atoms with E-state index < -0.39 is 37.6 Å². The van der Waals surface area contributed by atoms with Gasteiger partial charge in [0.1, 0.15) is 6.04 Å². The van der Waals surface area contributed by atoms with E-state index in [9.17, 15) is 18.4 Å². The lowest BCUT2D eigenvalue weighted by Crippen LogP contribution is -2.48. The minimum Gasteiger partial charge on any atom is -0.480 e. The third-order valence-electron chi connectivity index (χ3n) is 1.73. The Morgan fingerprint density at radius 3 is 2.38 bits per heavy atom. The summed E-state index contributed by atoms with van der Waals surface area (Å²) in [5.41, 5.74) is 0. The molecule has 0 unspecified atom stereocenters. The van der Waals surface area contributed by atoms with Crippen molar-refractivity contribution in [3.63, 3.8) is 0 Å². The molecule has 0 fully saturated rings.